The Morgan fingerprint density at radius 3 is 2.50 bits per heavy atom. The Kier molecular flexibility index (Phi) is 7.00. The molecule has 0 saturated carbocycles. The normalized spacial score (nSPS) is 15.4. The molecule has 1 amide bonds. The third kappa shape index (κ3) is 5.42. The fourth-order valence-electron chi connectivity index (χ4n) is 3.80. The fourth-order valence-corrected chi connectivity index (χ4v) is 4.63. The van der Waals surface area contributed by atoms with Crippen LogP contribution < -0.4 is 14.8 Å². The van der Waals surface area contributed by atoms with Crippen LogP contribution in [0.3, 0.4) is 0 Å². The SMILES string of the molecule is CCOc1ccc(N=C2NC(=O)/C(=C\c3c(OCc4ccc(F)cc4)ccc4ccccc34)S2)cc1. The third-order valence-electron chi connectivity index (χ3n) is 5.54. The molecule has 5 rings (SSSR count). The highest BCUT2D eigenvalue weighted by molar-refractivity contribution is 8.18. The maximum absolute atomic E-state index is 13.3. The van der Waals surface area contributed by atoms with E-state index in [1.807, 2.05) is 73.7 Å². The number of carbonyl (C=O) groups is 1. The topological polar surface area (TPSA) is 59.9 Å². The van der Waals surface area contributed by atoms with Gasteiger partial charge in [-0.1, -0.05) is 42.5 Å². The summed E-state index contributed by atoms with van der Waals surface area (Å²) in [6.07, 6.45) is 1.84. The standard InChI is InChI=1S/C29H23FN2O3S/c1-2-34-23-14-12-22(13-15-23)31-29-32-28(33)27(36-29)17-25-24-6-4-3-5-20(24)9-16-26(25)35-18-19-7-10-21(30)11-8-19/h3-17H,2,18H2,1H3,(H,31,32,33)/b27-17+. The Hall–Kier alpha value is -4.10. The van der Waals surface area contributed by atoms with Gasteiger partial charge < -0.3 is 14.8 Å². The summed E-state index contributed by atoms with van der Waals surface area (Å²) in [6.45, 7) is 2.80. The first-order valence-corrected chi connectivity index (χ1v) is 12.3. The quantitative estimate of drug-likeness (QED) is 0.283. The summed E-state index contributed by atoms with van der Waals surface area (Å²) in [5, 5.41) is 5.34. The lowest BCUT2D eigenvalue weighted by atomic mass is 10.0. The molecule has 1 saturated heterocycles. The molecular weight excluding hydrogens is 475 g/mol. The molecule has 7 heteroatoms. The number of rotatable bonds is 7. The molecule has 0 unspecified atom stereocenters. The second-order valence-electron chi connectivity index (χ2n) is 8.02. The van der Waals surface area contributed by atoms with Crippen LogP contribution in [0.1, 0.15) is 18.1 Å². The second kappa shape index (κ2) is 10.7. The van der Waals surface area contributed by atoms with Gasteiger partial charge >= 0.3 is 0 Å². The molecule has 0 spiro atoms. The number of nitrogens with zero attached hydrogens (tertiary/aromatic N) is 1. The zero-order valence-electron chi connectivity index (χ0n) is 19.5. The number of thioether (sulfide) groups is 1. The lowest BCUT2D eigenvalue weighted by molar-refractivity contribution is -0.115. The van der Waals surface area contributed by atoms with Gasteiger partial charge in [0.2, 0.25) is 0 Å². The summed E-state index contributed by atoms with van der Waals surface area (Å²) in [5.74, 6) is 0.897. The number of hydrogen-bond donors (Lipinski definition) is 1. The average Bonchev–Trinajstić information content (AvgIpc) is 3.24. The van der Waals surface area contributed by atoms with Gasteiger partial charge in [-0.3, -0.25) is 4.79 Å². The smallest absolute Gasteiger partial charge is 0.264 e. The van der Waals surface area contributed by atoms with E-state index in [2.05, 4.69) is 10.3 Å². The maximum atomic E-state index is 13.3. The van der Waals surface area contributed by atoms with Gasteiger partial charge in [0.25, 0.3) is 5.91 Å². The first-order valence-electron chi connectivity index (χ1n) is 11.5. The van der Waals surface area contributed by atoms with Crippen LogP contribution >= 0.6 is 11.8 Å². The Labute approximate surface area is 212 Å². The van der Waals surface area contributed by atoms with Crippen LogP contribution in [0.25, 0.3) is 16.8 Å². The number of amides is 1. The summed E-state index contributed by atoms with van der Waals surface area (Å²) >= 11 is 1.28. The molecule has 0 atom stereocenters. The van der Waals surface area contributed by atoms with Crippen LogP contribution in [0.15, 0.2) is 94.8 Å². The van der Waals surface area contributed by atoms with Gasteiger partial charge in [-0.15, -0.1) is 0 Å². The molecular formula is C29H23FN2O3S. The van der Waals surface area contributed by atoms with E-state index in [0.29, 0.717) is 22.4 Å². The highest BCUT2D eigenvalue weighted by Gasteiger charge is 2.25. The highest BCUT2D eigenvalue weighted by Crippen LogP contribution is 2.35. The molecule has 1 aliphatic heterocycles. The van der Waals surface area contributed by atoms with Crippen molar-refractivity contribution < 1.29 is 18.7 Å². The number of nitrogens with one attached hydrogen (secondary N) is 1. The van der Waals surface area contributed by atoms with Crippen molar-refractivity contribution in [3.8, 4) is 11.5 Å². The Balaban J connectivity index is 1.43. The van der Waals surface area contributed by atoms with Gasteiger partial charge in [-0.2, -0.15) is 0 Å². The molecule has 4 aromatic carbocycles. The minimum Gasteiger partial charge on any atom is -0.494 e. The van der Waals surface area contributed by atoms with Gasteiger partial charge in [-0.25, -0.2) is 9.38 Å². The molecule has 1 aliphatic rings. The number of ether oxygens (including phenoxy) is 2. The summed E-state index contributed by atoms with van der Waals surface area (Å²) in [6, 6.07) is 25.4. The second-order valence-corrected chi connectivity index (χ2v) is 9.05. The molecule has 1 N–H and O–H groups in total. The monoisotopic (exact) mass is 498 g/mol. The molecule has 0 aliphatic carbocycles. The number of halogens is 1. The van der Waals surface area contributed by atoms with Gasteiger partial charge in [0.1, 0.15) is 23.9 Å². The molecule has 0 bridgehead atoms. The van der Waals surface area contributed by atoms with Crippen molar-refractivity contribution >= 4 is 45.4 Å². The predicted molar refractivity (Wildman–Crippen MR) is 143 cm³/mol. The molecule has 1 fully saturated rings. The van der Waals surface area contributed by atoms with Crippen molar-refractivity contribution in [3.05, 3.63) is 107 Å². The lowest BCUT2D eigenvalue weighted by Gasteiger charge is -2.12. The van der Waals surface area contributed by atoms with Crippen molar-refractivity contribution in [2.24, 2.45) is 4.99 Å². The van der Waals surface area contributed by atoms with E-state index in [1.165, 1.54) is 23.9 Å². The Morgan fingerprint density at radius 1 is 0.944 bits per heavy atom. The van der Waals surface area contributed by atoms with Gasteiger partial charge in [0.05, 0.1) is 17.2 Å². The van der Waals surface area contributed by atoms with E-state index >= 15 is 0 Å². The Bertz CT molecular complexity index is 1460. The van der Waals surface area contributed by atoms with Crippen LogP contribution in [0.4, 0.5) is 10.1 Å². The van der Waals surface area contributed by atoms with Crippen molar-refractivity contribution in [3.63, 3.8) is 0 Å². The molecule has 180 valence electrons. The van der Waals surface area contributed by atoms with E-state index in [-0.39, 0.29) is 18.3 Å². The lowest BCUT2D eigenvalue weighted by Crippen LogP contribution is -2.19. The molecule has 0 radical (unpaired) electrons. The van der Waals surface area contributed by atoms with Crippen molar-refractivity contribution in [2.45, 2.75) is 13.5 Å². The summed E-state index contributed by atoms with van der Waals surface area (Å²) in [5.41, 5.74) is 2.37. The number of hydrogen-bond acceptors (Lipinski definition) is 5. The van der Waals surface area contributed by atoms with Crippen LogP contribution in [0, 0.1) is 5.82 Å². The Morgan fingerprint density at radius 2 is 1.72 bits per heavy atom. The zero-order valence-corrected chi connectivity index (χ0v) is 20.3. The molecule has 1 heterocycles. The number of amidine groups is 1. The number of benzene rings is 4. The molecule has 0 aromatic heterocycles. The van der Waals surface area contributed by atoms with Gasteiger partial charge in [-0.05, 0) is 83.6 Å². The predicted octanol–water partition coefficient (Wildman–Crippen LogP) is 6.85. The van der Waals surface area contributed by atoms with Gasteiger partial charge in [0, 0.05) is 5.56 Å². The molecule has 4 aromatic rings. The number of fused-ring (bicyclic) bond motifs is 1. The summed E-state index contributed by atoms with van der Waals surface area (Å²) < 4.78 is 24.9. The third-order valence-corrected chi connectivity index (χ3v) is 6.45. The van der Waals surface area contributed by atoms with E-state index in [0.717, 1.165) is 33.3 Å². The van der Waals surface area contributed by atoms with E-state index in [1.54, 1.807) is 12.1 Å². The maximum Gasteiger partial charge on any atom is 0.264 e. The van der Waals surface area contributed by atoms with Crippen molar-refractivity contribution in [1.29, 1.82) is 0 Å². The van der Waals surface area contributed by atoms with Crippen LogP contribution in [0.5, 0.6) is 11.5 Å². The first kappa shape index (κ1) is 23.6. The van der Waals surface area contributed by atoms with Crippen LogP contribution in [0.2, 0.25) is 0 Å². The van der Waals surface area contributed by atoms with Crippen LogP contribution in [-0.4, -0.2) is 17.7 Å². The fraction of sp³-hybridized carbons (Fsp3) is 0.103. The largest absolute Gasteiger partial charge is 0.494 e. The number of carbonyl (C=O) groups excluding carboxylic acids is 1. The zero-order chi connectivity index (χ0) is 24.9. The minimum atomic E-state index is -0.290. The minimum absolute atomic E-state index is 0.220. The first-order chi connectivity index (χ1) is 17.6. The summed E-state index contributed by atoms with van der Waals surface area (Å²) in [7, 11) is 0. The summed E-state index contributed by atoms with van der Waals surface area (Å²) in [4.78, 5) is 17.9. The van der Waals surface area contributed by atoms with Gasteiger partial charge in [0.15, 0.2) is 5.17 Å². The van der Waals surface area contributed by atoms with Crippen molar-refractivity contribution in [2.75, 3.05) is 6.61 Å². The van der Waals surface area contributed by atoms with Crippen molar-refractivity contribution in [1.82, 2.24) is 5.32 Å². The number of aliphatic imine (C=N–C) groups is 1. The van der Waals surface area contributed by atoms with E-state index in [9.17, 15) is 9.18 Å². The van der Waals surface area contributed by atoms with E-state index in [4.69, 9.17) is 9.47 Å². The van der Waals surface area contributed by atoms with E-state index < -0.39 is 0 Å². The molecule has 36 heavy (non-hydrogen) atoms. The highest BCUT2D eigenvalue weighted by atomic mass is 32.2. The van der Waals surface area contributed by atoms with Crippen LogP contribution in [-0.2, 0) is 11.4 Å². The average molecular weight is 499 g/mol. The molecule has 5 nitrogen and oxygen atoms in total.